The third-order valence-electron chi connectivity index (χ3n) is 3.66. The highest BCUT2D eigenvalue weighted by Crippen LogP contribution is 2.28. The molecular weight excluding hydrogens is 347 g/mol. The van der Waals surface area contributed by atoms with Crippen LogP contribution in [0.5, 0.6) is 0 Å². The summed E-state index contributed by atoms with van der Waals surface area (Å²) >= 11 is 0. The van der Waals surface area contributed by atoms with Crippen LogP contribution in [-0.4, -0.2) is 15.0 Å². The van der Waals surface area contributed by atoms with Crippen LogP contribution in [0.4, 0.5) is 18.9 Å². The van der Waals surface area contributed by atoms with Crippen molar-refractivity contribution >= 4 is 11.6 Å². The van der Waals surface area contributed by atoms with Gasteiger partial charge in [-0.2, -0.15) is 13.2 Å². The Kier molecular flexibility index (Phi) is 4.66. The molecule has 134 valence electrons. The Hall–Kier alpha value is -3.29. The fourth-order valence-corrected chi connectivity index (χ4v) is 2.43. The van der Waals surface area contributed by atoms with Crippen molar-refractivity contribution in [3.05, 3.63) is 83.0 Å². The number of amides is 1. The van der Waals surface area contributed by atoms with Gasteiger partial charge in [0.2, 0.25) is 5.91 Å². The predicted octanol–water partition coefficient (Wildman–Crippen LogP) is 3.30. The number of pyridine rings is 1. The van der Waals surface area contributed by atoms with Crippen molar-refractivity contribution in [1.82, 2.24) is 9.13 Å². The van der Waals surface area contributed by atoms with E-state index in [1.807, 2.05) is 35.2 Å². The predicted molar refractivity (Wildman–Crippen MR) is 90.1 cm³/mol. The molecule has 0 saturated carbocycles. The van der Waals surface area contributed by atoms with Crippen LogP contribution in [0.25, 0.3) is 5.69 Å². The summed E-state index contributed by atoms with van der Waals surface area (Å²) in [5.41, 5.74) is -0.390. The number of halogens is 3. The number of aromatic nitrogens is 2. The van der Waals surface area contributed by atoms with Crippen molar-refractivity contribution in [1.29, 1.82) is 0 Å². The van der Waals surface area contributed by atoms with Crippen molar-refractivity contribution in [2.75, 3.05) is 5.32 Å². The fourth-order valence-electron chi connectivity index (χ4n) is 2.43. The SMILES string of the molecule is O=C(Cn1cc(C(F)(F)F)ccc1=O)Nc1cccc(-n2cccc2)c1. The molecule has 3 aromatic rings. The summed E-state index contributed by atoms with van der Waals surface area (Å²) in [5.74, 6) is -0.601. The number of carbonyl (C=O) groups excluding carboxylic acids is 1. The third kappa shape index (κ3) is 4.02. The number of alkyl halides is 3. The molecule has 0 unspecified atom stereocenters. The van der Waals surface area contributed by atoms with E-state index < -0.39 is 29.8 Å². The smallest absolute Gasteiger partial charge is 0.324 e. The first kappa shape index (κ1) is 17.5. The van der Waals surface area contributed by atoms with E-state index in [-0.39, 0.29) is 0 Å². The van der Waals surface area contributed by atoms with Crippen molar-refractivity contribution in [3.8, 4) is 5.69 Å². The maximum absolute atomic E-state index is 12.7. The minimum atomic E-state index is -4.59. The van der Waals surface area contributed by atoms with Gasteiger partial charge in [-0.15, -0.1) is 0 Å². The van der Waals surface area contributed by atoms with Crippen LogP contribution in [-0.2, 0) is 17.5 Å². The normalized spacial score (nSPS) is 11.3. The van der Waals surface area contributed by atoms with Gasteiger partial charge in [0, 0.05) is 36.0 Å². The zero-order valence-corrected chi connectivity index (χ0v) is 13.4. The van der Waals surface area contributed by atoms with E-state index in [9.17, 15) is 22.8 Å². The highest BCUT2D eigenvalue weighted by Gasteiger charge is 2.31. The molecule has 8 heteroatoms. The number of nitrogens with zero attached hydrogens (tertiary/aromatic N) is 2. The summed E-state index contributed by atoms with van der Waals surface area (Å²) in [7, 11) is 0. The number of hydrogen-bond acceptors (Lipinski definition) is 2. The van der Waals surface area contributed by atoms with E-state index in [0.29, 0.717) is 18.0 Å². The van der Waals surface area contributed by atoms with E-state index in [1.165, 1.54) is 0 Å². The Morgan fingerprint density at radius 3 is 2.46 bits per heavy atom. The average Bonchev–Trinajstić information content (AvgIpc) is 3.10. The minimum absolute atomic E-state index is 0.473. The van der Waals surface area contributed by atoms with E-state index >= 15 is 0 Å². The van der Waals surface area contributed by atoms with Gasteiger partial charge in [-0.05, 0) is 36.4 Å². The van der Waals surface area contributed by atoms with E-state index in [0.717, 1.165) is 16.3 Å². The molecule has 26 heavy (non-hydrogen) atoms. The largest absolute Gasteiger partial charge is 0.417 e. The van der Waals surface area contributed by atoms with Gasteiger partial charge in [-0.1, -0.05) is 6.07 Å². The fraction of sp³-hybridized carbons (Fsp3) is 0.111. The summed E-state index contributed by atoms with van der Waals surface area (Å²) in [6, 6.07) is 12.1. The number of nitrogens with one attached hydrogen (secondary N) is 1. The summed E-state index contributed by atoms with van der Waals surface area (Å²) in [6.07, 6.45) is -0.276. The van der Waals surface area contributed by atoms with Crippen LogP contribution < -0.4 is 10.9 Å². The Morgan fingerprint density at radius 1 is 1.04 bits per heavy atom. The lowest BCUT2D eigenvalue weighted by molar-refractivity contribution is -0.138. The molecule has 2 aromatic heterocycles. The van der Waals surface area contributed by atoms with Crippen molar-refractivity contribution in [3.63, 3.8) is 0 Å². The first-order valence-electron chi connectivity index (χ1n) is 7.64. The molecule has 1 aromatic carbocycles. The zero-order chi connectivity index (χ0) is 18.7. The lowest BCUT2D eigenvalue weighted by Gasteiger charge is -2.11. The van der Waals surface area contributed by atoms with Crippen molar-refractivity contribution in [2.45, 2.75) is 12.7 Å². The zero-order valence-electron chi connectivity index (χ0n) is 13.4. The molecule has 0 aliphatic rings. The van der Waals surface area contributed by atoms with Crippen LogP contribution in [0.2, 0.25) is 0 Å². The van der Waals surface area contributed by atoms with Crippen molar-refractivity contribution < 1.29 is 18.0 Å². The molecule has 5 nitrogen and oxygen atoms in total. The molecule has 0 aliphatic heterocycles. The number of hydrogen-bond donors (Lipinski definition) is 1. The van der Waals surface area contributed by atoms with Gasteiger partial charge in [-0.25, -0.2) is 0 Å². The van der Waals surface area contributed by atoms with Gasteiger partial charge in [-0.3, -0.25) is 9.59 Å². The average molecular weight is 361 g/mol. The molecular formula is C18H14F3N3O2. The van der Waals surface area contributed by atoms with Crippen LogP contribution in [0.1, 0.15) is 5.56 Å². The summed E-state index contributed by atoms with van der Waals surface area (Å²) in [4.78, 5) is 23.8. The summed E-state index contributed by atoms with van der Waals surface area (Å²) < 4.78 is 40.8. The van der Waals surface area contributed by atoms with E-state index in [1.54, 1.807) is 18.2 Å². The number of carbonyl (C=O) groups is 1. The number of anilines is 1. The minimum Gasteiger partial charge on any atom is -0.324 e. The maximum atomic E-state index is 12.7. The molecule has 2 heterocycles. The highest BCUT2D eigenvalue weighted by atomic mass is 19.4. The Bertz CT molecular complexity index is 976. The lowest BCUT2D eigenvalue weighted by atomic mass is 10.2. The Labute approximate surface area is 146 Å². The van der Waals surface area contributed by atoms with E-state index in [2.05, 4.69) is 5.32 Å². The van der Waals surface area contributed by atoms with Gasteiger partial charge in [0.1, 0.15) is 6.54 Å². The maximum Gasteiger partial charge on any atom is 0.417 e. The Morgan fingerprint density at radius 2 is 1.77 bits per heavy atom. The summed E-state index contributed by atoms with van der Waals surface area (Å²) in [5, 5.41) is 2.58. The van der Waals surface area contributed by atoms with Crippen LogP contribution >= 0.6 is 0 Å². The summed E-state index contributed by atoms with van der Waals surface area (Å²) in [6.45, 7) is -0.517. The second kappa shape index (κ2) is 6.91. The standard InChI is InChI=1S/C18H14F3N3O2/c19-18(20,21)13-6-7-17(26)24(11-13)12-16(25)22-14-4-3-5-15(10-14)23-8-1-2-9-23/h1-11H,12H2,(H,22,25). The molecule has 0 fully saturated rings. The molecule has 0 radical (unpaired) electrons. The van der Waals surface area contributed by atoms with Gasteiger partial charge in [0.25, 0.3) is 5.56 Å². The molecule has 0 saturated heterocycles. The second-order valence-electron chi connectivity index (χ2n) is 5.57. The van der Waals surface area contributed by atoms with Gasteiger partial charge in [0.15, 0.2) is 0 Å². The second-order valence-corrected chi connectivity index (χ2v) is 5.57. The number of benzene rings is 1. The quantitative estimate of drug-likeness (QED) is 0.775. The van der Waals surface area contributed by atoms with Gasteiger partial charge >= 0.3 is 6.18 Å². The Balaban J connectivity index is 1.76. The molecule has 0 bridgehead atoms. The topological polar surface area (TPSA) is 56.0 Å². The molecule has 3 rings (SSSR count). The van der Waals surface area contributed by atoms with Crippen LogP contribution in [0, 0.1) is 0 Å². The molecule has 0 aliphatic carbocycles. The number of rotatable bonds is 4. The van der Waals surface area contributed by atoms with Crippen LogP contribution in [0.3, 0.4) is 0 Å². The molecule has 0 atom stereocenters. The molecule has 1 N–H and O–H groups in total. The van der Waals surface area contributed by atoms with Gasteiger partial charge in [0.05, 0.1) is 5.56 Å². The molecule has 1 amide bonds. The lowest BCUT2D eigenvalue weighted by Crippen LogP contribution is -2.28. The van der Waals surface area contributed by atoms with Gasteiger partial charge < -0.3 is 14.5 Å². The van der Waals surface area contributed by atoms with Crippen molar-refractivity contribution in [2.24, 2.45) is 0 Å². The van der Waals surface area contributed by atoms with E-state index in [4.69, 9.17) is 0 Å². The monoisotopic (exact) mass is 361 g/mol. The first-order chi connectivity index (χ1) is 12.3. The first-order valence-corrected chi connectivity index (χ1v) is 7.64. The van der Waals surface area contributed by atoms with Crippen LogP contribution in [0.15, 0.2) is 71.9 Å². The highest BCUT2D eigenvalue weighted by molar-refractivity contribution is 5.90. The molecule has 0 spiro atoms. The third-order valence-corrected chi connectivity index (χ3v) is 3.66.